The molecule has 0 amide bonds. The van der Waals surface area contributed by atoms with Gasteiger partial charge in [0.15, 0.2) is 0 Å². The van der Waals surface area contributed by atoms with E-state index in [1.54, 1.807) is 45.6 Å². The Morgan fingerprint density at radius 2 is 0.317 bits per heavy atom. The summed E-state index contributed by atoms with van der Waals surface area (Å²) in [5.41, 5.74) is 0. The van der Waals surface area contributed by atoms with E-state index in [2.05, 4.69) is 0 Å². The molecule has 0 aliphatic carbocycles. The van der Waals surface area contributed by atoms with Crippen LogP contribution < -0.4 is 41.5 Å². The molecule has 8 aromatic carbocycles. The molecule has 0 radical (unpaired) electrons. The molecule has 0 atom stereocenters. The zero-order chi connectivity index (χ0) is 57.0. The number of hydrogen-bond donors (Lipinski definition) is 11. The fourth-order valence-electron chi connectivity index (χ4n) is 6.70. The molecule has 0 unspecified atom stereocenters. The van der Waals surface area contributed by atoms with Crippen LogP contribution in [0.1, 0.15) is 0 Å². The Labute approximate surface area is 550 Å². The molecule has 16 nitrogen and oxygen atoms in total. The predicted molar refractivity (Wildman–Crippen MR) is 326 cm³/mol. The van der Waals surface area contributed by atoms with Crippen molar-refractivity contribution >= 4 is 75.7 Å². The Morgan fingerprint density at radius 1 is 0.220 bits per heavy atom. The van der Waals surface area contributed by atoms with Gasteiger partial charge in [-0.25, -0.2) is 0 Å². The van der Waals surface area contributed by atoms with Gasteiger partial charge in [-0.1, -0.05) is 243 Å². The molecule has 0 aliphatic rings. The molecule has 15 N–H and O–H groups in total. The maximum Gasteiger partial charge on any atom is 0.404 e. The van der Waals surface area contributed by atoms with Crippen LogP contribution in [-0.2, 0) is 100 Å². The fourth-order valence-corrected chi connectivity index (χ4v) is 14.6. The van der Waals surface area contributed by atoms with E-state index in [4.69, 9.17) is 43.9 Å². The Morgan fingerprint density at radius 3 is 0.415 bits per heavy atom. The third kappa shape index (κ3) is 31.8. The topological polar surface area (TPSA) is 313 Å². The third-order valence-corrected chi connectivity index (χ3v) is 21.0. The van der Waals surface area contributed by atoms with Gasteiger partial charge in [0, 0.05) is 151 Å². The summed E-state index contributed by atoms with van der Waals surface area (Å²) in [6.07, 6.45) is 0. The Balaban J connectivity index is -0.000000113. The number of aliphatic hydroxyl groups is 6. The average molecular weight is 1340 g/mol. The normalized spacial score (nSPS) is 9.17. The van der Waals surface area contributed by atoms with Crippen LogP contribution in [0.25, 0.3) is 0 Å². The molecule has 8 aromatic rings. The minimum atomic E-state index is -3.46. The molecular weight excluding hydrogens is 1260 g/mol. The van der Waals surface area contributed by atoms with Crippen LogP contribution in [0.5, 0.6) is 0 Å². The zero-order valence-electron chi connectivity index (χ0n) is 48.2. The quantitative estimate of drug-likeness (QED) is 0.0565. The van der Waals surface area contributed by atoms with Crippen LogP contribution in [0.15, 0.2) is 243 Å². The molecule has 24 heteroatoms. The van der Waals surface area contributed by atoms with Crippen LogP contribution in [0.3, 0.4) is 0 Å². The molecule has 8 rings (SSSR count). The Kier molecular flexibility index (Phi) is 71.2. The first-order valence-electron chi connectivity index (χ1n) is 22.9. The number of benzene rings is 8. The van der Waals surface area contributed by atoms with Crippen molar-refractivity contribution in [1.29, 1.82) is 0 Å². The van der Waals surface area contributed by atoms with Crippen molar-refractivity contribution in [3.8, 4) is 0 Å². The predicted octanol–water partition coefficient (Wildman–Crippen LogP) is -0.685. The van der Waals surface area contributed by atoms with Crippen LogP contribution in [-0.4, -0.2) is 164 Å². The van der Waals surface area contributed by atoms with Crippen molar-refractivity contribution in [1.82, 2.24) is 0 Å². The Hall–Kier alpha value is -3.16. The van der Waals surface area contributed by atoms with Gasteiger partial charge in [-0.05, 0) is 41.5 Å². The summed E-state index contributed by atoms with van der Waals surface area (Å²) >= 11 is 0. The van der Waals surface area contributed by atoms with Crippen LogP contribution >= 0.6 is 0 Å². The summed E-state index contributed by atoms with van der Waals surface area (Å²) in [7, 11) is -1.70. The van der Waals surface area contributed by atoms with Gasteiger partial charge in [0.1, 0.15) is 0 Å². The SMILES string of the molecule is CO.CO.CO.CO.CO.CO.CO[Si](O)(c1ccccc1)c1ccccc1.CO[Si](O)(c1ccccc1)c1ccccc1.CO[Si](O)(c1ccccc1)c1ccccc1.O.O.O[Si](O)(c1ccccc1)c1ccccc1.[CH3-].[Ti].[Ti].[Ti].[Ti]. The second kappa shape index (κ2) is 59.6. The van der Waals surface area contributed by atoms with Crippen LogP contribution in [0.2, 0.25) is 0 Å². The summed E-state index contributed by atoms with van der Waals surface area (Å²) < 4.78 is 16.2. The molecular formula is C58H85O16Si4Ti4-. The average Bonchev–Trinajstić information content (AvgIpc) is 3.53. The van der Waals surface area contributed by atoms with E-state index in [0.717, 1.165) is 73.8 Å². The molecule has 0 bridgehead atoms. The second-order valence-corrected chi connectivity index (χ2v) is 25.2. The van der Waals surface area contributed by atoms with E-state index in [1.807, 2.05) is 218 Å². The van der Waals surface area contributed by atoms with Gasteiger partial charge in [-0.15, -0.1) is 0 Å². The van der Waals surface area contributed by atoms with E-state index >= 15 is 0 Å². The Bertz CT molecular complexity index is 2130. The van der Waals surface area contributed by atoms with E-state index in [9.17, 15) is 24.0 Å². The van der Waals surface area contributed by atoms with Crippen molar-refractivity contribution in [2.75, 3.05) is 64.0 Å². The molecule has 82 heavy (non-hydrogen) atoms. The van der Waals surface area contributed by atoms with Gasteiger partial charge in [0.05, 0.1) is 0 Å². The number of aliphatic hydroxyl groups excluding tert-OH is 6. The van der Waals surface area contributed by atoms with Crippen molar-refractivity contribution in [3.63, 3.8) is 0 Å². The van der Waals surface area contributed by atoms with Gasteiger partial charge < -0.3 is 86.3 Å². The van der Waals surface area contributed by atoms with E-state index in [1.165, 1.54) is 0 Å². The molecule has 0 aliphatic heterocycles. The van der Waals surface area contributed by atoms with Crippen LogP contribution in [0, 0.1) is 7.43 Å². The molecule has 0 fully saturated rings. The first-order chi connectivity index (χ1) is 36.5. The van der Waals surface area contributed by atoms with E-state index in [-0.39, 0.29) is 105 Å². The van der Waals surface area contributed by atoms with Crippen molar-refractivity contribution in [2.24, 2.45) is 0 Å². The smallest absolute Gasteiger partial charge is 0.404 e. The van der Waals surface area contributed by atoms with Gasteiger partial charge in [0.25, 0.3) is 0 Å². The summed E-state index contributed by atoms with van der Waals surface area (Å²) in [5, 5.41) is 48.4. The van der Waals surface area contributed by atoms with Gasteiger partial charge in [-0.3, -0.25) is 0 Å². The summed E-state index contributed by atoms with van der Waals surface area (Å²) in [4.78, 5) is 52.3. The molecule has 446 valence electrons. The van der Waals surface area contributed by atoms with Crippen LogP contribution in [0.4, 0.5) is 0 Å². The fraction of sp³-hybridized carbons (Fsp3) is 0.155. The maximum absolute atomic E-state index is 10.7. The molecule has 0 saturated heterocycles. The minimum Gasteiger partial charge on any atom is -0.412 e. The largest absolute Gasteiger partial charge is 0.412 e. The monoisotopic (exact) mass is 1340 g/mol. The minimum absolute atomic E-state index is 0. The second-order valence-electron chi connectivity index (χ2n) is 14.1. The number of rotatable bonds is 11. The van der Waals surface area contributed by atoms with Gasteiger partial charge >= 0.3 is 34.2 Å². The number of hydrogen-bond acceptors (Lipinski definition) is 14. The standard InChI is InChI=1S/3C13H14O2Si.C12H12O2Si.6CH4O.CH3.2H2O.4Ti/c3*1-15-16(14,12-8-4-2-5-9-12)13-10-6-3-7-11-13;13-15(14,11-7-3-1-4-8-11)12-9-5-2-6-10-12;6*1-2;;;;;;;/h3*2-11,14H,1H3;1-10,13-14H;6*2H,1H3;1H3;2*1H2;;;;/q;;;;;;;;;;-1;;;;;;. The van der Waals surface area contributed by atoms with Gasteiger partial charge in [-0.2, -0.15) is 0 Å². The first kappa shape index (κ1) is 97.9. The van der Waals surface area contributed by atoms with Crippen molar-refractivity contribution < 1.29 is 166 Å². The molecule has 0 aromatic heterocycles. The molecule has 0 saturated carbocycles. The third-order valence-electron chi connectivity index (χ3n) is 10.2. The van der Waals surface area contributed by atoms with Crippen molar-refractivity contribution in [2.45, 2.75) is 0 Å². The molecule has 0 spiro atoms. The summed E-state index contributed by atoms with van der Waals surface area (Å²) in [6, 6.07) is 75.4. The summed E-state index contributed by atoms with van der Waals surface area (Å²) in [5.74, 6) is 0. The van der Waals surface area contributed by atoms with Crippen molar-refractivity contribution in [3.05, 3.63) is 250 Å². The van der Waals surface area contributed by atoms with E-state index in [0.29, 0.717) is 10.4 Å². The molecule has 0 heterocycles. The van der Waals surface area contributed by atoms with Gasteiger partial charge in [0.2, 0.25) is 0 Å². The summed E-state index contributed by atoms with van der Waals surface area (Å²) in [6.45, 7) is 0. The van der Waals surface area contributed by atoms with E-state index < -0.39 is 34.2 Å². The maximum atomic E-state index is 10.7. The zero-order valence-corrected chi connectivity index (χ0v) is 58.5. The first-order valence-corrected chi connectivity index (χ1v) is 30.4.